The van der Waals surface area contributed by atoms with Gasteiger partial charge in [0.1, 0.15) is 0 Å². The third kappa shape index (κ3) is 2.80. The Kier molecular flexibility index (Phi) is 2.95. The van der Waals surface area contributed by atoms with E-state index in [1.54, 1.807) is 0 Å². The van der Waals surface area contributed by atoms with Crippen LogP contribution in [0.2, 0.25) is 0 Å². The van der Waals surface area contributed by atoms with Gasteiger partial charge in [-0.15, -0.1) is 0 Å². The fourth-order valence-electron chi connectivity index (χ4n) is 1.72. The van der Waals surface area contributed by atoms with Gasteiger partial charge in [-0.3, -0.25) is 18.5 Å². The summed E-state index contributed by atoms with van der Waals surface area (Å²) in [4.78, 5) is 2.09. The summed E-state index contributed by atoms with van der Waals surface area (Å²) < 4.78 is 22.8. The van der Waals surface area contributed by atoms with Crippen molar-refractivity contribution in [3.05, 3.63) is 0 Å². The lowest BCUT2D eigenvalue weighted by Gasteiger charge is -2.25. The molecule has 6 heteroatoms. The summed E-state index contributed by atoms with van der Waals surface area (Å²) in [5.41, 5.74) is -0.404. The fourth-order valence-corrected chi connectivity index (χ4v) is 3.82. The van der Waals surface area contributed by atoms with Crippen LogP contribution in [0.25, 0.3) is 0 Å². The van der Waals surface area contributed by atoms with Gasteiger partial charge in [-0.25, -0.2) is 0 Å². The average Bonchev–Trinajstić information content (AvgIpc) is 2.75. The number of nitrogens with zero attached hydrogens (tertiary/aromatic N) is 1. The van der Waals surface area contributed by atoms with Crippen LogP contribution in [0.1, 0.15) is 20.8 Å². The van der Waals surface area contributed by atoms with E-state index in [9.17, 15) is 4.57 Å². The SMILES string of the molecule is CC(C)(C)OP1(=O)OC1N1CCNCC1. The van der Waals surface area contributed by atoms with E-state index in [0.29, 0.717) is 0 Å². The van der Waals surface area contributed by atoms with Gasteiger partial charge in [0.2, 0.25) is 5.97 Å². The molecule has 0 spiro atoms. The fraction of sp³-hybridized carbons (Fsp3) is 1.00. The highest BCUT2D eigenvalue weighted by atomic mass is 31.2. The van der Waals surface area contributed by atoms with Crippen LogP contribution in [0.4, 0.5) is 0 Å². The molecule has 1 N–H and O–H groups in total. The molecule has 2 rings (SSSR count). The molecule has 0 aromatic heterocycles. The van der Waals surface area contributed by atoms with Gasteiger partial charge in [-0.1, -0.05) is 0 Å². The molecule has 2 unspecified atom stereocenters. The molecule has 2 aliphatic heterocycles. The molecule has 2 aliphatic rings. The van der Waals surface area contributed by atoms with E-state index < -0.39 is 13.2 Å². The molecule has 0 aromatic rings. The van der Waals surface area contributed by atoms with E-state index in [1.165, 1.54) is 0 Å². The Morgan fingerprint density at radius 3 is 2.53 bits per heavy atom. The van der Waals surface area contributed by atoms with Crippen LogP contribution >= 0.6 is 7.60 Å². The zero-order valence-corrected chi connectivity index (χ0v) is 10.4. The van der Waals surface area contributed by atoms with Crippen molar-refractivity contribution in [3.8, 4) is 0 Å². The third-order valence-corrected chi connectivity index (χ3v) is 4.39. The molecule has 15 heavy (non-hydrogen) atoms. The highest BCUT2D eigenvalue weighted by Gasteiger charge is 2.60. The Hall–Kier alpha value is 0.0700. The van der Waals surface area contributed by atoms with Crippen LogP contribution in [0.3, 0.4) is 0 Å². The van der Waals surface area contributed by atoms with Crippen molar-refractivity contribution in [1.29, 1.82) is 0 Å². The molecule has 2 fully saturated rings. The van der Waals surface area contributed by atoms with Crippen LogP contribution in [-0.4, -0.2) is 42.6 Å². The van der Waals surface area contributed by atoms with Crippen molar-refractivity contribution in [2.24, 2.45) is 0 Å². The third-order valence-electron chi connectivity index (χ3n) is 2.33. The Morgan fingerprint density at radius 2 is 2.00 bits per heavy atom. The Morgan fingerprint density at radius 1 is 1.40 bits per heavy atom. The molecule has 2 atom stereocenters. The summed E-state index contributed by atoms with van der Waals surface area (Å²) in [5, 5.41) is 3.25. The second kappa shape index (κ2) is 3.82. The molecule has 0 amide bonds. The van der Waals surface area contributed by atoms with Crippen LogP contribution in [0, 0.1) is 0 Å². The molecular formula is C9H19N2O3P. The first-order valence-electron chi connectivity index (χ1n) is 5.34. The smallest absolute Gasteiger partial charge is 0.314 e. The van der Waals surface area contributed by atoms with Gasteiger partial charge in [0.15, 0.2) is 0 Å². The maximum Gasteiger partial charge on any atom is 0.377 e. The van der Waals surface area contributed by atoms with Crippen molar-refractivity contribution in [2.45, 2.75) is 32.3 Å². The van der Waals surface area contributed by atoms with E-state index in [2.05, 4.69) is 10.2 Å². The van der Waals surface area contributed by atoms with Gasteiger partial charge < -0.3 is 5.32 Å². The summed E-state index contributed by atoms with van der Waals surface area (Å²) in [6.07, 6.45) is 0. The molecule has 0 saturated carbocycles. The highest BCUT2D eigenvalue weighted by Crippen LogP contribution is 2.72. The van der Waals surface area contributed by atoms with Crippen molar-refractivity contribution in [1.82, 2.24) is 10.2 Å². The minimum Gasteiger partial charge on any atom is -0.314 e. The highest BCUT2D eigenvalue weighted by molar-refractivity contribution is 7.60. The van der Waals surface area contributed by atoms with Crippen LogP contribution < -0.4 is 5.32 Å². The lowest BCUT2D eigenvalue weighted by atomic mass is 10.2. The van der Waals surface area contributed by atoms with Crippen molar-refractivity contribution >= 4 is 7.60 Å². The second-order valence-electron chi connectivity index (χ2n) is 4.96. The van der Waals surface area contributed by atoms with Gasteiger partial charge in [-0.2, -0.15) is 0 Å². The largest absolute Gasteiger partial charge is 0.377 e. The molecule has 0 aliphatic carbocycles. The van der Waals surface area contributed by atoms with E-state index in [0.717, 1.165) is 26.2 Å². The Bertz CT molecular complexity index is 284. The predicted molar refractivity (Wildman–Crippen MR) is 57.8 cm³/mol. The number of rotatable bonds is 2. The standard InChI is InChI=1S/C9H19N2O3P/c1-9(2,3)14-15(12)8(13-15)11-6-4-10-5-7-11/h8,10H,4-7H2,1-3H3. The first-order chi connectivity index (χ1) is 6.91. The molecule has 0 aromatic carbocycles. The Balaban J connectivity index is 1.90. The van der Waals surface area contributed by atoms with Crippen molar-refractivity contribution in [3.63, 3.8) is 0 Å². The number of hydrogen-bond acceptors (Lipinski definition) is 5. The van der Waals surface area contributed by atoms with Gasteiger partial charge in [-0.05, 0) is 20.8 Å². The van der Waals surface area contributed by atoms with Crippen molar-refractivity contribution in [2.75, 3.05) is 26.2 Å². The predicted octanol–water partition coefficient (Wildman–Crippen LogP) is 1.21. The van der Waals surface area contributed by atoms with E-state index >= 15 is 0 Å². The molecule has 0 bridgehead atoms. The normalized spacial score (nSPS) is 37.9. The number of hydrogen-bond donors (Lipinski definition) is 1. The maximum atomic E-state index is 12.1. The summed E-state index contributed by atoms with van der Waals surface area (Å²) in [6, 6.07) is 0. The molecule has 2 saturated heterocycles. The quantitative estimate of drug-likeness (QED) is 0.575. The first-order valence-corrected chi connectivity index (χ1v) is 6.96. The van der Waals surface area contributed by atoms with E-state index in [1.807, 2.05) is 20.8 Å². The minimum absolute atomic E-state index is 0.293. The minimum atomic E-state index is -2.82. The van der Waals surface area contributed by atoms with Crippen LogP contribution in [-0.2, 0) is 13.6 Å². The molecule has 0 radical (unpaired) electrons. The lowest BCUT2D eigenvalue weighted by molar-refractivity contribution is 0.132. The molecule has 5 nitrogen and oxygen atoms in total. The van der Waals surface area contributed by atoms with Crippen LogP contribution in [0.15, 0.2) is 0 Å². The molecule has 2 heterocycles. The number of nitrogens with one attached hydrogen (secondary N) is 1. The second-order valence-corrected chi connectivity index (χ2v) is 6.88. The lowest BCUT2D eigenvalue weighted by Crippen LogP contribution is -2.44. The van der Waals surface area contributed by atoms with Gasteiger partial charge in [0.25, 0.3) is 0 Å². The zero-order valence-electron chi connectivity index (χ0n) is 9.52. The zero-order chi connectivity index (χ0) is 11.1. The topological polar surface area (TPSA) is 54.1 Å². The monoisotopic (exact) mass is 234 g/mol. The molecule has 88 valence electrons. The summed E-state index contributed by atoms with van der Waals surface area (Å²) in [6.45, 7) is 9.28. The van der Waals surface area contributed by atoms with Gasteiger partial charge >= 0.3 is 7.60 Å². The molecular weight excluding hydrogens is 215 g/mol. The first kappa shape index (κ1) is 11.6. The average molecular weight is 234 g/mol. The Labute approximate surface area is 90.6 Å². The maximum absolute atomic E-state index is 12.1. The number of piperazine rings is 1. The summed E-state index contributed by atoms with van der Waals surface area (Å²) in [7, 11) is -2.82. The summed E-state index contributed by atoms with van der Waals surface area (Å²) >= 11 is 0. The van der Waals surface area contributed by atoms with Crippen LogP contribution in [0.5, 0.6) is 0 Å². The van der Waals surface area contributed by atoms with Gasteiger partial charge in [0, 0.05) is 26.2 Å². The van der Waals surface area contributed by atoms with E-state index in [-0.39, 0.29) is 5.97 Å². The summed E-state index contributed by atoms with van der Waals surface area (Å²) in [5.74, 6) is -0.293. The van der Waals surface area contributed by atoms with E-state index in [4.69, 9.17) is 9.05 Å². The van der Waals surface area contributed by atoms with Gasteiger partial charge in [0.05, 0.1) is 5.60 Å². The van der Waals surface area contributed by atoms with Crippen molar-refractivity contribution < 1.29 is 13.6 Å².